The Morgan fingerprint density at radius 2 is 2.17 bits per heavy atom. The van der Waals surface area contributed by atoms with Crippen LogP contribution in [-0.2, 0) is 13.0 Å². The Balaban J connectivity index is 1.62. The molecule has 1 aliphatic carbocycles. The van der Waals surface area contributed by atoms with E-state index in [2.05, 4.69) is 27.6 Å². The highest BCUT2D eigenvalue weighted by molar-refractivity contribution is 5.54. The number of hydrogen-bond acceptors (Lipinski definition) is 7. The molecule has 4 rings (SSSR count). The molecule has 0 aliphatic heterocycles. The number of fused-ring (bicyclic) bond motifs is 1. The maximum Gasteiger partial charge on any atom is 0.229 e. The van der Waals surface area contributed by atoms with E-state index in [4.69, 9.17) is 4.98 Å². The summed E-state index contributed by atoms with van der Waals surface area (Å²) in [6.45, 7) is 2.68. The standard InChI is InChI=1S/C20H27N7O2/c1-2-15-11-22-27-18(15)24-19(23-17-8-4-3-7-16(17)13-28)25-20(27)21-10-14-6-5-9-26(29)12-14/h5-6,9,11-12,16-17,28H,2-4,7-8,10,13H2,1H3,(H2,21,23,24,25). The van der Waals surface area contributed by atoms with Gasteiger partial charge in [-0.15, -0.1) is 0 Å². The van der Waals surface area contributed by atoms with Gasteiger partial charge in [-0.25, -0.2) is 0 Å². The van der Waals surface area contributed by atoms with Gasteiger partial charge >= 0.3 is 0 Å². The highest BCUT2D eigenvalue weighted by Crippen LogP contribution is 2.27. The molecule has 1 aliphatic rings. The van der Waals surface area contributed by atoms with Crippen molar-refractivity contribution < 1.29 is 9.84 Å². The summed E-state index contributed by atoms with van der Waals surface area (Å²) >= 11 is 0. The molecule has 0 amide bonds. The molecule has 0 saturated heterocycles. The van der Waals surface area contributed by atoms with Gasteiger partial charge in [0.1, 0.15) is 0 Å². The summed E-state index contributed by atoms with van der Waals surface area (Å²) in [6.07, 6.45) is 9.90. The van der Waals surface area contributed by atoms with Crippen LogP contribution in [0.5, 0.6) is 0 Å². The monoisotopic (exact) mass is 397 g/mol. The lowest BCUT2D eigenvalue weighted by atomic mass is 9.85. The van der Waals surface area contributed by atoms with Crippen molar-refractivity contribution in [3.05, 3.63) is 47.1 Å². The van der Waals surface area contributed by atoms with E-state index in [0.29, 0.717) is 18.4 Å². The van der Waals surface area contributed by atoms with Gasteiger partial charge in [-0.05, 0) is 25.3 Å². The minimum Gasteiger partial charge on any atom is -0.619 e. The number of nitrogens with zero attached hydrogens (tertiary/aromatic N) is 5. The lowest BCUT2D eigenvalue weighted by Gasteiger charge is -2.30. The molecular formula is C20H27N7O2. The first-order valence-electron chi connectivity index (χ1n) is 10.2. The van der Waals surface area contributed by atoms with Crippen LogP contribution in [0.3, 0.4) is 0 Å². The predicted molar refractivity (Wildman–Crippen MR) is 109 cm³/mol. The van der Waals surface area contributed by atoms with E-state index in [1.54, 1.807) is 10.6 Å². The van der Waals surface area contributed by atoms with Gasteiger partial charge in [0.15, 0.2) is 18.0 Å². The molecule has 2 atom stereocenters. The van der Waals surface area contributed by atoms with Crippen molar-refractivity contribution in [2.45, 2.75) is 51.6 Å². The van der Waals surface area contributed by atoms with Crippen molar-refractivity contribution >= 4 is 17.5 Å². The van der Waals surface area contributed by atoms with Crippen LogP contribution in [0, 0.1) is 11.1 Å². The average molecular weight is 397 g/mol. The molecule has 3 aromatic rings. The van der Waals surface area contributed by atoms with Crippen LogP contribution in [0.1, 0.15) is 43.7 Å². The van der Waals surface area contributed by atoms with Crippen LogP contribution in [0.2, 0.25) is 0 Å². The van der Waals surface area contributed by atoms with Crippen molar-refractivity contribution in [3.63, 3.8) is 0 Å². The summed E-state index contributed by atoms with van der Waals surface area (Å²) in [4.78, 5) is 9.35. The normalized spacial score (nSPS) is 19.4. The SMILES string of the molecule is CCc1cnn2c(NCc3ccc[n+]([O-])c3)nc(NC3CCCCC3CO)nc12. The number of aliphatic hydroxyl groups excluding tert-OH is 1. The summed E-state index contributed by atoms with van der Waals surface area (Å²) < 4.78 is 2.48. The Morgan fingerprint density at radius 1 is 1.31 bits per heavy atom. The topological polar surface area (TPSA) is 114 Å². The van der Waals surface area contributed by atoms with Gasteiger partial charge in [0.25, 0.3) is 0 Å². The van der Waals surface area contributed by atoms with Crippen LogP contribution < -0.4 is 15.4 Å². The Hall–Kier alpha value is -2.94. The van der Waals surface area contributed by atoms with Crippen LogP contribution in [-0.4, -0.2) is 37.3 Å². The molecule has 3 heterocycles. The molecule has 0 radical (unpaired) electrons. The van der Waals surface area contributed by atoms with Crippen LogP contribution in [0.4, 0.5) is 11.9 Å². The zero-order chi connectivity index (χ0) is 20.2. The van der Waals surface area contributed by atoms with Crippen LogP contribution in [0.15, 0.2) is 30.7 Å². The Kier molecular flexibility index (Phi) is 5.75. The van der Waals surface area contributed by atoms with Crippen molar-refractivity contribution in [2.75, 3.05) is 17.2 Å². The molecular weight excluding hydrogens is 370 g/mol. The van der Waals surface area contributed by atoms with E-state index < -0.39 is 0 Å². The molecule has 1 saturated carbocycles. The van der Waals surface area contributed by atoms with Crippen LogP contribution >= 0.6 is 0 Å². The summed E-state index contributed by atoms with van der Waals surface area (Å²) in [5.74, 6) is 1.31. The number of rotatable bonds is 7. The minimum atomic E-state index is 0.158. The van der Waals surface area contributed by atoms with Crippen molar-refractivity contribution in [1.82, 2.24) is 19.6 Å². The van der Waals surface area contributed by atoms with E-state index in [0.717, 1.165) is 53.6 Å². The van der Waals surface area contributed by atoms with Gasteiger partial charge in [0.05, 0.1) is 6.20 Å². The zero-order valence-electron chi connectivity index (χ0n) is 16.6. The summed E-state index contributed by atoms with van der Waals surface area (Å²) in [5, 5.41) is 32.4. The number of aliphatic hydroxyl groups is 1. The Bertz CT molecular complexity index is 975. The fraction of sp³-hybridized carbons (Fsp3) is 0.500. The lowest BCUT2D eigenvalue weighted by Crippen LogP contribution is -2.35. The van der Waals surface area contributed by atoms with Gasteiger partial charge in [0.2, 0.25) is 11.9 Å². The third kappa shape index (κ3) is 4.24. The smallest absolute Gasteiger partial charge is 0.229 e. The summed E-state index contributed by atoms with van der Waals surface area (Å²) in [7, 11) is 0. The number of nitrogens with one attached hydrogen (secondary N) is 2. The highest BCUT2D eigenvalue weighted by atomic mass is 16.5. The van der Waals surface area contributed by atoms with Gasteiger partial charge in [0, 0.05) is 42.3 Å². The van der Waals surface area contributed by atoms with Crippen molar-refractivity contribution in [2.24, 2.45) is 5.92 Å². The first-order valence-corrected chi connectivity index (χ1v) is 10.2. The molecule has 1 fully saturated rings. The highest BCUT2D eigenvalue weighted by Gasteiger charge is 2.25. The molecule has 3 N–H and O–H groups in total. The number of hydrogen-bond donors (Lipinski definition) is 3. The molecule has 0 spiro atoms. The summed E-state index contributed by atoms with van der Waals surface area (Å²) in [6, 6.07) is 3.76. The third-order valence-corrected chi connectivity index (χ3v) is 5.57. The maximum absolute atomic E-state index is 11.5. The molecule has 3 aromatic heterocycles. The van der Waals surface area contributed by atoms with Crippen molar-refractivity contribution in [3.8, 4) is 0 Å². The minimum absolute atomic E-state index is 0.158. The van der Waals surface area contributed by atoms with E-state index in [1.807, 2.05) is 12.3 Å². The second-order valence-corrected chi connectivity index (χ2v) is 7.53. The van der Waals surface area contributed by atoms with E-state index in [1.165, 1.54) is 12.4 Å². The first-order chi connectivity index (χ1) is 14.2. The van der Waals surface area contributed by atoms with Gasteiger partial charge in [-0.3, -0.25) is 0 Å². The zero-order valence-corrected chi connectivity index (χ0v) is 16.6. The lowest BCUT2D eigenvalue weighted by molar-refractivity contribution is -0.605. The predicted octanol–water partition coefficient (Wildman–Crippen LogP) is 1.90. The number of anilines is 2. The van der Waals surface area contributed by atoms with Gasteiger partial charge in [-0.2, -0.15) is 24.3 Å². The quantitative estimate of drug-likeness (QED) is 0.412. The second-order valence-electron chi connectivity index (χ2n) is 7.53. The molecule has 9 nitrogen and oxygen atoms in total. The third-order valence-electron chi connectivity index (χ3n) is 5.57. The molecule has 2 unspecified atom stereocenters. The Morgan fingerprint density at radius 3 is 2.97 bits per heavy atom. The van der Waals surface area contributed by atoms with E-state index >= 15 is 0 Å². The molecule has 154 valence electrons. The molecule has 29 heavy (non-hydrogen) atoms. The van der Waals surface area contributed by atoms with Gasteiger partial charge < -0.3 is 20.9 Å². The summed E-state index contributed by atoms with van der Waals surface area (Å²) in [5.41, 5.74) is 2.65. The fourth-order valence-electron chi connectivity index (χ4n) is 3.92. The Labute approximate surface area is 169 Å². The molecule has 0 aromatic carbocycles. The van der Waals surface area contributed by atoms with Crippen LogP contribution in [0.25, 0.3) is 5.65 Å². The average Bonchev–Trinajstić information content (AvgIpc) is 3.15. The van der Waals surface area contributed by atoms with E-state index in [-0.39, 0.29) is 18.6 Å². The van der Waals surface area contributed by atoms with Crippen molar-refractivity contribution in [1.29, 1.82) is 0 Å². The first kappa shape index (κ1) is 19.4. The number of pyridine rings is 1. The molecule has 9 heteroatoms. The second kappa shape index (κ2) is 8.60. The fourth-order valence-corrected chi connectivity index (χ4v) is 3.92. The van der Waals surface area contributed by atoms with E-state index in [9.17, 15) is 10.3 Å². The maximum atomic E-state index is 11.5. The van der Waals surface area contributed by atoms with Gasteiger partial charge in [-0.1, -0.05) is 19.8 Å². The number of aromatic nitrogens is 5. The molecule has 0 bridgehead atoms. The number of aryl methyl sites for hydroxylation is 1. The largest absolute Gasteiger partial charge is 0.619 e.